The van der Waals surface area contributed by atoms with Gasteiger partial charge in [-0.25, -0.2) is 0 Å². The molecular weight excluding hydrogens is 444 g/mol. The molecule has 0 radical (unpaired) electrons. The number of carboxylic acid groups (broad SMARTS) is 1. The van der Waals surface area contributed by atoms with Crippen molar-refractivity contribution in [3.8, 4) is 17.0 Å². The minimum atomic E-state index is -0.250. The highest BCUT2D eigenvalue weighted by molar-refractivity contribution is 5.96. The lowest BCUT2D eigenvalue weighted by Gasteiger charge is -2.49. The van der Waals surface area contributed by atoms with E-state index in [0.717, 1.165) is 35.2 Å². The Labute approximate surface area is 206 Å². The standard InChI is InChI=1S/C25H34N6O.CH2O2/c1-24(2)14-16(15-25(3,4)29-24)31(7)23-9-8-19(27-28-23)18-12-17-20(13-22(18)32)26-11-10-21(17)30(5)6;2-1-3/h8-13,16,29,32H,14-15H2,1-7H3;1H,(H,2,3). The molecule has 35 heavy (non-hydrogen) atoms. The monoisotopic (exact) mass is 480 g/mol. The first kappa shape index (κ1) is 26.2. The molecule has 9 nitrogen and oxygen atoms in total. The van der Waals surface area contributed by atoms with E-state index in [1.54, 1.807) is 12.3 Å². The van der Waals surface area contributed by atoms with Crippen molar-refractivity contribution in [2.45, 2.75) is 57.7 Å². The number of carbonyl (C=O) groups is 1. The summed E-state index contributed by atoms with van der Waals surface area (Å²) < 4.78 is 0. The first-order valence-electron chi connectivity index (χ1n) is 11.6. The molecule has 3 N–H and O–H groups in total. The van der Waals surface area contributed by atoms with Crippen molar-refractivity contribution in [3.63, 3.8) is 0 Å². The van der Waals surface area contributed by atoms with E-state index in [1.807, 2.05) is 43.3 Å². The molecule has 9 heteroatoms. The van der Waals surface area contributed by atoms with Gasteiger partial charge in [-0.3, -0.25) is 9.78 Å². The van der Waals surface area contributed by atoms with Gasteiger partial charge >= 0.3 is 0 Å². The molecule has 1 saturated heterocycles. The van der Waals surface area contributed by atoms with Crippen LogP contribution in [-0.4, -0.2) is 70.1 Å². The maximum absolute atomic E-state index is 10.7. The van der Waals surface area contributed by atoms with E-state index >= 15 is 0 Å². The van der Waals surface area contributed by atoms with Crippen LogP contribution in [0.5, 0.6) is 5.75 Å². The van der Waals surface area contributed by atoms with Gasteiger partial charge in [0.1, 0.15) is 5.75 Å². The van der Waals surface area contributed by atoms with Gasteiger partial charge in [-0.1, -0.05) is 0 Å². The average molecular weight is 481 g/mol. The quantitative estimate of drug-likeness (QED) is 0.478. The molecule has 0 atom stereocenters. The Bertz CT molecular complexity index is 1160. The SMILES string of the molecule is CN(C)c1ccnc2cc(O)c(-c3ccc(N(C)C4CC(C)(C)NC(C)(C)C4)nn3)cc12.O=CO. The summed E-state index contributed by atoms with van der Waals surface area (Å²) in [6.45, 7) is 8.76. The Morgan fingerprint density at radius 1 is 1.03 bits per heavy atom. The van der Waals surface area contributed by atoms with Gasteiger partial charge in [0.05, 0.1) is 11.2 Å². The van der Waals surface area contributed by atoms with Crippen LogP contribution in [0.1, 0.15) is 40.5 Å². The third-order valence-corrected chi connectivity index (χ3v) is 6.32. The second kappa shape index (κ2) is 10.0. The van der Waals surface area contributed by atoms with E-state index in [0.29, 0.717) is 17.3 Å². The Hall–Kier alpha value is -3.46. The molecule has 188 valence electrons. The molecule has 0 unspecified atom stereocenters. The molecule has 4 rings (SSSR count). The van der Waals surface area contributed by atoms with Gasteiger partial charge in [0.25, 0.3) is 6.47 Å². The predicted octanol–water partition coefficient (Wildman–Crippen LogP) is 3.91. The Balaban J connectivity index is 0.00000108. The number of rotatable bonds is 4. The van der Waals surface area contributed by atoms with E-state index in [4.69, 9.17) is 9.90 Å². The Morgan fingerprint density at radius 2 is 1.66 bits per heavy atom. The normalized spacial score (nSPS) is 16.8. The van der Waals surface area contributed by atoms with E-state index in [1.165, 1.54) is 0 Å². The molecule has 3 aromatic rings. The van der Waals surface area contributed by atoms with Crippen molar-refractivity contribution in [2.24, 2.45) is 0 Å². The van der Waals surface area contributed by atoms with Crippen LogP contribution in [0.25, 0.3) is 22.2 Å². The number of phenolic OH excluding ortho intramolecular Hbond substituents is 1. The summed E-state index contributed by atoms with van der Waals surface area (Å²) in [6.07, 6.45) is 3.81. The highest BCUT2D eigenvalue weighted by Gasteiger charge is 2.39. The van der Waals surface area contributed by atoms with Crippen molar-refractivity contribution in [1.29, 1.82) is 0 Å². The second-order valence-corrected chi connectivity index (χ2v) is 10.6. The fourth-order valence-corrected chi connectivity index (χ4v) is 5.15. The molecule has 0 aliphatic carbocycles. The van der Waals surface area contributed by atoms with Crippen molar-refractivity contribution in [3.05, 3.63) is 36.5 Å². The number of aromatic nitrogens is 3. The third kappa shape index (κ3) is 5.97. The molecule has 0 amide bonds. The molecule has 1 aliphatic rings. The number of anilines is 2. The summed E-state index contributed by atoms with van der Waals surface area (Å²) in [6, 6.07) is 9.89. The van der Waals surface area contributed by atoms with E-state index in [9.17, 15) is 5.11 Å². The number of nitrogens with one attached hydrogen (secondary N) is 1. The number of hydrogen-bond donors (Lipinski definition) is 3. The smallest absolute Gasteiger partial charge is 0.290 e. The minimum Gasteiger partial charge on any atom is -0.507 e. The van der Waals surface area contributed by atoms with Crippen LogP contribution in [0.3, 0.4) is 0 Å². The summed E-state index contributed by atoms with van der Waals surface area (Å²) in [4.78, 5) is 17.0. The Kier molecular flexibility index (Phi) is 7.50. The lowest BCUT2D eigenvalue weighted by atomic mass is 9.79. The summed E-state index contributed by atoms with van der Waals surface area (Å²) >= 11 is 0. The van der Waals surface area contributed by atoms with Crippen molar-refractivity contribution >= 4 is 28.9 Å². The predicted molar refractivity (Wildman–Crippen MR) is 140 cm³/mol. The largest absolute Gasteiger partial charge is 0.507 e. The van der Waals surface area contributed by atoms with Gasteiger partial charge < -0.3 is 25.3 Å². The van der Waals surface area contributed by atoms with Crippen LogP contribution >= 0.6 is 0 Å². The summed E-state index contributed by atoms with van der Waals surface area (Å²) in [5, 5.41) is 31.2. The number of aromatic hydroxyl groups is 1. The molecule has 3 heterocycles. The van der Waals surface area contributed by atoms with Gasteiger partial charge in [-0.2, -0.15) is 0 Å². The number of piperidine rings is 1. The van der Waals surface area contributed by atoms with Crippen LogP contribution in [0.2, 0.25) is 0 Å². The first-order chi connectivity index (χ1) is 16.4. The van der Waals surface area contributed by atoms with E-state index < -0.39 is 0 Å². The number of phenols is 1. The second-order valence-electron chi connectivity index (χ2n) is 10.6. The fourth-order valence-electron chi connectivity index (χ4n) is 5.15. The van der Waals surface area contributed by atoms with Gasteiger partial charge in [0, 0.05) is 67.2 Å². The van der Waals surface area contributed by atoms with Crippen molar-refractivity contribution in [1.82, 2.24) is 20.5 Å². The van der Waals surface area contributed by atoms with Crippen LogP contribution in [0.15, 0.2) is 36.5 Å². The van der Waals surface area contributed by atoms with Crippen LogP contribution in [-0.2, 0) is 4.79 Å². The first-order valence-corrected chi connectivity index (χ1v) is 11.6. The van der Waals surface area contributed by atoms with Crippen LogP contribution in [0.4, 0.5) is 11.5 Å². The van der Waals surface area contributed by atoms with Crippen LogP contribution in [0, 0.1) is 0 Å². The highest BCUT2D eigenvalue weighted by Crippen LogP contribution is 2.36. The summed E-state index contributed by atoms with van der Waals surface area (Å²) in [5.74, 6) is 0.987. The van der Waals surface area contributed by atoms with E-state index in [2.05, 4.69) is 60.1 Å². The topological polar surface area (TPSA) is 115 Å². The maximum Gasteiger partial charge on any atom is 0.290 e. The molecule has 1 aromatic carbocycles. The maximum atomic E-state index is 10.7. The molecule has 0 spiro atoms. The lowest BCUT2D eigenvalue weighted by molar-refractivity contribution is -0.122. The number of benzene rings is 1. The zero-order chi connectivity index (χ0) is 26.0. The molecule has 2 aromatic heterocycles. The Morgan fingerprint density at radius 3 is 2.20 bits per heavy atom. The van der Waals surface area contributed by atoms with Crippen LogP contribution < -0.4 is 15.1 Å². The zero-order valence-electron chi connectivity index (χ0n) is 21.6. The summed E-state index contributed by atoms with van der Waals surface area (Å²) in [7, 11) is 6.08. The van der Waals surface area contributed by atoms with Gasteiger partial charge in [-0.05, 0) is 64.8 Å². The molecule has 0 saturated carbocycles. The average Bonchev–Trinajstić information content (AvgIpc) is 2.76. The summed E-state index contributed by atoms with van der Waals surface area (Å²) in [5.41, 5.74) is 3.20. The molecule has 1 aliphatic heterocycles. The van der Waals surface area contributed by atoms with E-state index in [-0.39, 0.29) is 23.3 Å². The molecule has 1 fully saturated rings. The number of nitrogens with zero attached hydrogens (tertiary/aromatic N) is 5. The fraction of sp³-hybridized carbons (Fsp3) is 0.462. The zero-order valence-corrected chi connectivity index (χ0v) is 21.6. The minimum absolute atomic E-state index is 0.0586. The number of pyridine rings is 1. The van der Waals surface area contributed by atoms with Gasteiger partial charge in [0.15, 0.2) is 5.82 Å². The number of hydrogen-bond acceptors (Lipinski definition) is 8. The van der Waals surface area contributed by atoms with Gasteiger partial charge in [-0.15, -0.1) is 10.2 Å². The van der Waals surface area contributed by atoms with Crippen molar-refractivity contribution < 1.29 is 15.0 Å². The number of fused-ring (bicyclic) bond motifs is 1. The highest BCUT2D eigenvalue weighted by atomic mass is 16.3. The third-order valence-electron chi connectivity index (χ3n) is 6.32. The lowest BCUT2D eigenvalue weighted by Crippen LogP contribution is -2.62. The molecule has 0 bridgehead atoms. The van der Waals surface area contributed by atoms with Crippen molar-refractivity contribution in [2.75, 3.05) is 30.9 Å². The van der Waals surface area contributed by atoms with Gasteiger partial charge in [0.2, 0.25) is 0 Å². The molecular formula is C26H36N6O3.